The van der Waals surface area contributed by atoms with Gasteiger partial charge in [0, 0.05) is 50.3 Å². The van der Waals surface area contributed by atoms with Gasteiger partial charge in [0.2, 0.25) is 5.91 Å². The van der Waals surface area contributed by atoms with Gasteiger partial charge < -0.3 is 15.1 Å². The molecular formula is C26H28FN5O2. The molecule has 2 aliphatic heterocycles. The third kappa shape index (κ3) is 4.87. The lowest BCUT2D eigenvalue weighted by Crippen LogP contribution is -2.50. The van der Waals surface area contributed by atoms with Crippen molar-refractivity contribution >= 4 is 34.2 Å². The Labute approximate surface area is 198 Å². The van der Waals surface area contributed by atoms with Crippen LogP contribution in [-0.4, -0.2) is 72.4 Å². The van der Waals surface area contributed by atoms with E-state index < -0.39 is 0 Å². The van der Waals surface area contributed by atoms with E-state index in [4.69, 9.17) is 4.98 Å². The molecule has 3 aromatic rings. The van der Waals surface area contributed by atoms with Crippen molar-refractivity contribution in [2.45, 2.75) is 12.8 Å². The molecule has 0 saturated carbocycles. The number of piperazine rings is 1. The van der Waals surface area contributed by atoms with E-state index in [9.17, 15) is 14.0 Å². The molecule has 2 saturated heterocycles. The van der Waals surface area contributed by atoms with Gasteiger partial charge in [-0.25, -0.2) is 9.37 Å². The summed E-state index contributed by atoms with van der Waals surface area (Å²) in [5.41, 5.74) is 2.12. The minimum absolute atomic E-state index is 0.00410. The summed E-state index contributed by atoms with van der Waals surface area (Å²) >= 11 is 0. The first-order chi connectivity index (χ1) is 16.6. The molecule has 2 amide bonds. The van der Waals surface area contributed by atoms with Crippen LogP contribution in [0.3, 0.4) is 0 Å². The Morgan fingerprint density at radius 2 is 1.62 bits per heavy atom. The number of rotatable bonds is 5. The Kier molecular flexibility index (Phi) is 6.40. The van der Waals surface area contributed by atoms with E-state index in [0.717, 1.165) is 42.7 Å². The number of pyridine rings is 1. The molecule has 1 aromatic heterocycles. The molecule has 2 aliphatic rings. The van der Waals surface area contributed by atoms with Gasteiger partial charge in [-0.2, -0.15) is 0 Å². The SMILES string of the molecule is O=C(CN1CCN(C(=O)c2cc3ccccc3nc2N2CCCC2)CC1)Nc1ccc(F)cc1. The van der Waals surface area contributed by atoms with E-state index in [1.165, 1.54) is 12.1 Å². The van der Waals surface area contributed by atoms with Crippen LogP contribution < -0.4 is 10.2 Å². The van der Waals surface area contributed by atoms with Crippen molar-refractivity contribution in [3.8, 4) is 0 Å². The van der Waals surface area contributed by atoms with Crippen molar-refractivity contribution < 1.29 is 14.0 Å². The predicted molar refractivity (Wildman–Crippen MR) is 131 cm³/mol. The van der Waals surface area contributed by atoms with Gasteiger partial charge >= 0.3 is 0 Å². The fraction of sp³-hybridized carbons (Fsp3) is 0.346. The number of para-hydroxylation sites is 1. The minimum atomic E-state index is -0.340. The number of amides is 2. The number of carbonyl (C=O) groups excluding carboxylic acids is 2. The van der Waals surface area contributed by atoms with E-state index in [2.05, 4.69) is 10.2 Å². The fourth-order valence-corrected chi connectivity index (χ4v) is 4.65. The zero-order chi connectivity index (χ0) is 23.5. The van der Waals surface area contributed by atoms with Crippen molar-refractivity contribution in [2.24, 2.45) is 0 Å². The fourth-order valence-electron chi connectivity index (χ4n) is 4.65. The van der Waals surface area contributed by atoms with Crippen LogP contribution in [0, 0.1) is 5.82 Å². The summed E-state index contributed by atoms with van der Waals surface area (Å²) < 4.78 is 13.1. The lowest BCUT2D eigenvalue weighted by molar-refractivity contribution is -0.117. The smallest absolute Gasteiger partial charge is 0.257 e. The zero-order valence-electron chi connectivity index (χ0n) is 19.0. The summed E-state index contributed by atoms with van der Waals surface area (Å²) in [6, 6.07) is 15.6. The molecule has 2 fully saturated rings. The number of carbonyl (C=O) groups is 2. The molecule has 0 unspecified atom stereocenters. The molecule has 176 valence electrons. The summed E-state index contributed by atoms with van der Waals surface area (Å²) in [4.78, 5) is 36.9. The van der Waals surface area contributed by atoms with Gasteiger partial charge in [0.1, 0.15) is 11.6 Å². The standard InChI is InChI=1S/C26H28FN5O2/c27-20-7-9-21(10-8-20)28-24(33)18-30-13-15-32(16-14-30)26(34)22-17-19-5-1-2-6-23(19)29-25(22)31-11-3-4-12-31/h1-2,5-10,17H,3-4,11-16,18H2,(H,28,33). The van der Waals surface area contributed by atoms with Crippen LogP contribution in [0.1, 0.15) is 23.2 Å². The van der Waals surface area contributed by atoms with Gasteiger partial charge in [-0.1, -0.05) is 18.2 Å². The molecule has 7 nitrogen and oxygen atoms in total. The summed E-state index contributed by atoms with van der Waals surface area (Å²) in [6.45, 7) is 4.40. The number of halogens is 1. The Balaban J connectivity index is 1.24. The Bertz CT molecular complexity index is 1190. The molecule has 0 bridgehead atoms. The van der Waals surface area contributed by atoms with Gasteiger partial charge in [0.15, 0.2) is 0 Å². The first kappa shape index (κ1) is 22.3. The number of hydrogen-bond donors (Lipinski definition) is 1. The molecule has 2 aromatic carbocycles. The molecule has 3 heterocycles. The van der Waals surface area contributed by atoms with Gasteiger partial charge in [-0.3, -0.25) is 14.5 Å². The van der Waals surface area contributed by atoms with Gasteiger partial charge in [-0.15, -0.1) is 0 Å². The van der Waals surface area contributed by atoms with E-state index in [1.807, 2.05) is 40.1 Å². The molecular weight excluding hydrogens is 433 g/mol. The number of benzene rings is 2. The quantitative estimate of drug-likeness (QED) is 0.631. The van der Waals surface area contributed by atoms with Crippen LogP contribution in [0.15, 0.2) is 54.6 Å². The van der Waals surface area contributed by atoms with E-state index in [1.54, 1.807) is 12.1 Å². The summed E-state index contributed by atoms with van der Waals surface area (Å²) in [5, 5.41) is 3.75. The number of anilines is 2. The van der Waals surface area contributed by atoms with Crippen LogP contribution >= 0.6 is 0 Å². The average molecular weight is 462 g/mol. The summed E-state index contributed by atoms with van der Waals surface area (Å²) in [7, 11) is 0. The first-order valence-electron chi connectivity index (χ1n) is 11.8. The molecule has 34 heavy (non-hydrogen) atoms. The second-order valence-corrected chi connectivity index (χ2v) is 8.87. The third-order valence-electron chi connectivity index (χ3n) is 6.49. The Morgan fingerprint density at radius 1 is 0.912 bits per heavy atom. The number of nitrogens with zero attached hydrogens (tertiary/aromatic N) is 4. The highest BCUT2D eigenvalue weighted by Crippen LogP contribution is 2.28. The Morgan fingerprint density at radius 3 is 2.35 bits per heavy atom. The van der Waals surface area contributed by atoms with Crippen LogP contribution in [-0.2, 0) is 4.79 Å². The Hall–Kier alpha value is -3.52. The number of aromatic nitrogens is 1. The molecule has 1 N–H and O–H groups in total. The highest BCUT2D eigenvalue weighted by molar-refractivity contribution is 6.02. The summed E-state index contributed by atoms with van der Waals surface area (Å²) in [6.07, 6.45) is 2.22. The highest BCUT2D eigenvalue weighted by atomic mass is 19.1. The average Bonchev–Trinajstić information content (AvgIpc) is 3.40. The van der Waals surface area contributed by atoms with Gasteiger partial charge in [0.05, 0.1) is 17.6 Å². The normalized spacial score (nSPS) is 16.7. The minimum Gasteiger partial charge on any atom is -0.356 e. The second kappa shape index (κ2) is 9.77. The number of nitrogens with one attached hydrogen (secondary N) is 1. The maximum absolute atomic E-state index is 13.5. The largest absolute Gasteiger partial charge is 0.356 e. The molecule has 0 atom stereocenters. The highest BCUT2D eigenvalue weighted by Gasteiger charge is 2.28. The lowest BCUT2D eigenvalue weighted by Gasteiger charge is -2.35. The molecule has 0 aliphatic carbocycles. The lowest BCUT2D eigenvalue weighted by atomic mass is 10.1. The third-order valence-corrected chi connectivity index (χ3v) is 6.49. The van der Waals surface area contributed by atoms with Crippen molar-refractivity contribution in [3.05, 3.63) is 66.0 Å². The number of hydrogen-bond acceptors (Lipinski definition) is 5. The zero-order valence-corrected chi connectivity index (χ0v) is 19.0. The van der Waals surface area contributed by atoms with Crippen molar-refractivity contribution in [1.29, 1.82) is 0 Å². The van der Waals surface area contributed by atoms with E-state index >= 15 is 0 Å². The topological polar surface area (TPSA) is 68.8 Å². The van der Waals surface area contributed by atoms with Crippen molar-refractivity contribution in [1.82, 2.24) is 14.8 Å². The van der Waals surface area contributed by atoms with Crippen LogP contribution in [0.2, 0.25) is 0 Å². The van der Waals surface area contributed by atoms with E-state index in [0.29, 0.717) is 37.4 Å². The predicted octanol–water partition coefficient (Wildman–Crippen LogP) is 3.37. The van der Waals surface area contributed by atoms with Crippen LogP contribution in [0.25, 0.3) is 10.9 Å². The molecule has 0 spiro atoms. The maximum Gasteiger partial charge on any atom is 0.257 e. The van der Waals surface area contributed by atoms with Crippen molar-refractivity contribution in [2.75, 3.05) is 56.0 Å². The second-order valence-electron chi connectivity index (χ2n) is 8.87. The molecule has 5 rings (SSSR count). The molecule has 0 radical (unpaired) electrons. The van der Waals surface area contributed by atoms with Crippen LogP contribution in [0.4, 0.5) is 15.9 Å². The monoisotopic (exact) mass is 461 g/mol. The van der Waals surface area contributed by atoms with Gasteiger partial charge in [0.25, 0.3) is 5.91 Å². The number of fused-ring (bicyclic) bond motifs is 1. The maximum atomic E-state index is 13.5. The summed E-state index contributed by atoms with van der Waals surface area (Å²) in [5.74, 6) is 0.285. The van der Waals surface area contributed by atoms with E-state index in [-0.39, 0.29) is 24.2 Å². The first-order valence-corrected chi connectivity index (χ1v) is 11.8. The van der Waals surface area contributed by atoms with Gasteiger partial charge in [-0.05, 0) is 49.2 Å². The van der Waals surface area contributed by atoms with Crippen molar-refractivity contribution in [3.63, 3.8) is 0 Å². The molecule has 8 heteroatoms. The van der Waals surface area contributed by atoms with Crippen LogP contribution in [0.5, 0.6) is 0 Å².